The first-order chi connectivity index (χ1) is 11.0. The molecule has 1 heterocycles. The molecule has 2 atom stereocenters. The molecule has 0 bridgehead atoms. The number of carbonyl (C=O) groups excluding carboxylic acids is 1. The van der Waals surface area contributed by atoms with Crippen molar-refractivity contribution in [2.45, 2.75) is 40.0 Å². The molecule has 23 heavy (non-hydrogen) atoms. The molecule has 0 radical (unpaired) electrons. The van der Waals surface area contributed by atoms with E-state index in [1.165, 1.54) is 24.0 Å². The molecule has 2 rings (SSSR count). The molecular formula is C19H30N2O2. The van der Waals surface area contributed by atoms with Crippen LogP contribution in [0.5, 0.6) is 5.75 Å². The molecule has 1 amide bonds. The summed E-state index contributed by atoms with van der Waals surface area (Å²) in [6, 6.07) is 6.16. The molecule has 1 aromatic carbocycles. The highest BCUT2D eigenvalue weighted by molar-refractivity contribution is 5.76. The zero-order valence-electron chi connectivity index (χ0n) is 14.7. The molecule has 4 heteroatoms. The fourth-order valence-electron chi connectivity index (χ4n) is 3.27. The SMILES string of the molecule is Cc1cc(C)cc(OCCNC(=O)CC(C)C2CCCNC2)c1. The number of carbonyl (C=O) groups is 1. The van der Waals surface area contributed by atoms with E-state index in [0.29, 0.717) is 31.4 Å². The summed E-state index contributed by atoms with van der Waals surface area (Å²) >= 11 is 0. The number of aryl methyl sites for hydroxylation is 2. The van der Waals surface area contributed by atoms with Gasteiger partial charge in [0.2, 0.25) is 5.91 Å². The van der Waals surface area contributed by atoms with Crippen LogP contribution in [0.25, 0.3) is 0 Å². The van der Waals surface area contributed by atoms with Crippen LogP contribution in [0, 0.1) is 25.7 Å². The lowest BCUT2D eigenvalue weighted by molar-refractivity contribution is -0.122. The summed E-state index contributed by atoms with van der Waals surface area (Å²) in [5.41, 5.74) is 2.39. The van der Waals surface area contributed by atoms with E-state index in [2.05, 4.69) is 37.5 Å². The summed E-state index contributed by atoms with van der Waals surface area (Å²) in [6.07, 6.45) is 3.06. The van der Waals surface area contributed by atoms with Crippen molar-refractivity contribution in [3.63, 3.8) is 0 Å². The zero-order chi connectivity index (χ0) is 16.7. The second-order valence-electron chi connectivity index (χ2n) is 6.81. The summed E-state index contributed by atoms with van der Waals surface area (Å²) in [7, 11) is 0. The van der Waals surface area contributed by atoms with Crippen molar-refractivity contribution in [2.24, 2.45) is 11.8 Å². The molecule has 1 aliphatic heterocycles. The lowest BCUT2D eigenvalue weighted by Crippen LogP contribution is -2.36. The van der Waals surface area contributed by atoms with Gasteiger partial charge >= 0.3 is 0 Å². The van der Waals surface area contributed by atoms with E-state index < -0.39 is 0 Å². The third kappa shape index (κ3) is 6.22. The minimum Gasteiger partial charge on any atom is -0.492 e. The Hall–Kier alpha value is -1.55. The first kappa shape index (κ1) is 17.8. The number of hydrogen-bond acceptors (Lipinski definition) is 3. The van der Waals surface area contributed by atoms with Gasteiger partial charge in [-0.05, 0) is 74.9 Å². The predicted molar refractivity (Wildman–Crippen MR) is 93.8 cm³/mol. The third-order valence-corrected chi connectivity index (χ3v) is 4.54. The highest BCUT2D eigenvalue weighted by Gasteiger charge is 2.21. The van der Waals surface area contributed by atoms with Gasteiger partial charge in [-0.15, -0.1) is 0 Å². The number of nitrogens with one attached hydrogen (secondary N) is 2. The van der Waals surface area contributed by atoms with Crippen LogP contribution >= 0.6 is 0 Å². The van der Waals surface area contributed by atoms with E-state index in [1.54, 1.807) is 0 Å². The van der Waals surface area contributed by atoms with Crippen LogP contribution in [-0.4, -0.2) is 32.1 Å². The molecule has 2 N–H and O–H groups in total. The topological polar surface area (TPSA) is 50.4 Å². The largest absolute Gasteiger partial charge is 0.492 e. The molecule has 1 saturated heterocycles. The van der Waals surface area contributed by atoms with Gasteiger partial charge in [0, 0.05) is 6.42 Å². The number of benzene rings is 1. The summed E-state index contributed by atoms with van der Waals surface area (Å²) in [5, 5.41) is 6.38. The van der Waals surface area contributed by atoms with Crippen molar-refractivity contribution in [1.29, 1.82) is 0 Å². The smallest absolute Gasteiger partial charge is 0.220 e. The third-order valence-electron chi connectivity index (χ3n) is 4.54. The number of ether oxygens (including phenoxy) is 1. The lowest BCUT2D eigenvalue weighted by Gasteiger charge is -2.28. The maximum Gasteiger partial charge on any atom is 0.220 e. The number of hydrogen-bond donors (Lipinski definition) is 2. The fraction of sp³-hybridized carbons (Fsp3) is 0.632. The van der Waals surface area contributed by atoms with Gasteiger partial charge < -0.3 is 15.4 Å². The summed E-state index contributed by atoms with van der Waals surface area (Å²) < 4.78 is 5.71. The van der Waals surface area contributed by atoms with E-state index in [-0.39, 0.29) is 5.91 Å². The van der Waals surface area contributed by atoms with E-state index in [0.717, 1.165) is 18.8 Å². The van der Waals surface area contributed by atoms with Crippen molar-refractivity contribution < 1.29 is 9.53 Å². The quantitative estimate of drug-likeness (QED) is 0.760. The Morgan fingerprint density at radius 2 is 2.09 bits per heavy atom. The van der Waals surface area contributed by atoms with Crippen LogP contribution in [0.15, 0.2) is 18.2 Å². The number of amides is 1. The number of piperidine rings is 1. The normalized spacial score (nSPS) is 19.2. The zero-order valence-corrected chi connectivity index (χ0v) is 14.7. The Labute approximate surface area is 140 Å². The average molecular weight is 318 g/mol. The van der Waals surface area contributed by atoms with Crippen LogP contribution in [0.2, 0.25) is 0 Å². The highest BCUT2D eigenvalue weighted by Crippen LogP contribution is 2.22. The fourth-order valence-corrected chi connectivity index (χ4v) is 3.27. The second kappa shape index (κ2) is 8.92. The minimum atomic E-state index is 0.132. The molecule has 1 fully saturated rings. The molecule has 0 spiro atoms. The van der Waals surface area contributed by atoms with E-state index in [1.807, 2.05) is 12.1 Å². The summed E-state index contributed by atoms with van der Waals surface area (Å²) in [5.74, 6) is 2.06. The second-order valence-corrected chi connectivity index (χ2v) is 6.81. The van der Waals surface area contributed by atoms with E-state index in [4.69, 9.17) is 4.74 Å². The molecule has 128 valence electrons. The monoisotopic (exact) mass is 318 g/mol. The Bertz CT molecular complexity index is 490. The van der Waals surface area contributed by atoms with Crippen molar-refractivity contribution in [3.8, 4) is 5.75 Å². The van der Waals surface area contributed by atoms with Gasteiger partial charge in [-0.1, -0.05) is 13.0 Å². The van der Waals surface area contributed by atoms with Gasteiger partial charge in [0.25, 0.3) is 0 Å². The van der Waals surface area contributed by atoms with Gasteiger partial charge in [0.15, 0.2) is 0 Å². The lowest BCUT2D eigenvalue weighted by atomic mass is 9.85. The predicted octanol–water partition coefficient (Wildman–Crippen LogP) is 2.82. The molecule has 1 aliphatic rings. The molecular weight excluding hydrogens is 288 g/mol. The molecule has 0 aliphatic carbocycles. The van der Waals surface area contributed by atoms with Gasteiger partial charge in [-0.2, -0.15) is 0 Å². The molecule has 4 nitrogen and oxygen atoms in total. The first-order valence-electron chi connectivity index (χ1n) is 8.73. The van der Waals surface area contributed by atoms with Crippen molar-refractivity contribution in [1.82, 2.24) is 10.6 Å². The summed E-state index contributed by atoms with van der Waals surface area (Å²) in [6.45, 7) is 9.53. The van der Waals surface area contributed by atoms with Gasteiger partial charge in [0.05, 0.1) is 6.54 Å². The Morgan fingerprint density at radius 1 is 1.35 bits per heavy atom. The molecule has 0 aromatic heterocycles. The molecule has 2 unspecified atom stereocenters. The van der Waals surface area contributed by atoms with Crippen LogP contribution in [-0.2, 0) is 4.79 Å². The molecule has 1 aromatic rings. The first-order valence-corrected chi connectivity index (χ1v) is 8.73. The number of rotatable bonds is 7. The van der Waals surface area contributed by atoms with Crippen molar-refractivity contribution >= 4 is 5.91 Å². The van der Waals surface area contributed by atoms with Gasteiger partial charge in [-0.3, -0.25) is 4.79 Å². The van der Waals surface area contributed by atoms with Crippen LogP contribution in [0.1, 0.15) is 37.3 Å². The van der Waals surface area contributed by atoms with Crippen molar-refractivity contribution in [3.05, 3.63) is 29.3 Å². The highest BCUT2D eigenvalue weighted by atomic mass is 16.5. The Balaban J connectivity index is 1.64. The van der Waals surface area contributed by atoms with E-state index >= 15 is 0 Å². The maximum absolute atomic E-state index is 12.0. The van der Waals surface area contributed by atoms with Crippen molar-refractivity contribution in [2.75, 3.05) is 26.2 Å². The maximum atomic E-state index is 12.0. The van der Waals surface area contributed by atoms with Gasteiger partial charge in [-0.25, -0.2) is 0 Å². The molecule has 0 saturated carbocycles. The minimum absolute atomic E-state index is 0.132. The Kier molecular flexibility index (Phi) is 6.90. The Morgan fingerprint density at radius 3 is 2.74 bits per heavy atom. The van der Waals surface area contributed by atoms with Crippen LogP contribution in [0.3, 0.4) is 0 Å². The van der Waals surface area contributed by atoms with Crippen LogP contribution < -0.4 is 15.4 Å². The van der Waals surface area contributed by atoms with E-state index in [9.17, 15) is 4.79 Å². The standard InChI is InChI=1S/C19H30N2O2/c1-14-9-15(2)11-18(10-14)23-8-7-21-19(22)12-16(3)17-5-4-6-20-13-17/h9-11,16-17,20H,4-8,12-13H2,1-3H3,(H,21,22). The van der Waals surface area contributed by atoms with Crippen LogP contribution in [0.4, 0.5) is 0 Å². The summed E-state index contributed by atoms with van der Waals surface area (Å²) in [4.78, 5) is 12.0. The van der Waals surface area contributed by atoms with Gasteiger partial charge in [0.1, 0.15) is 12.4 Å². The average Bonchev–Trinajstić information content (AvgIpc) is 2.51.